The van der Waals surface area contributed by atoms with Crippen molar-refractivity contribution in [1.29, 1.82) is 5.26 Å². The van der Waals surface area contributed by atoms with Gasteiger partial charge in [0.2, 0.25) is 0 Å². The Kier molecular flexibility index (Phi) is 5.54. The minimum Gasteiger partial charge on any atom is -0.497 e. The van der Waals surface area contributed by atoms with Gasteiger partial charge in [0.25, 0.3) is 0 Å². The Bertz CT molecular complexity index is 828. The SMILES string of the molecule is COc1cc(OC)cc(C2SCCN2C(=O)Nc2cccc(C#N)c2)c1. The van der Waals surface area contributed by atoms with Gasteiger partial charge < -0.3 is 19.7 Å². The number of amides is 2. The Morgan fingerprint density at radius 1 is 1.23 bits per heavy atom. The van der Waals surface area contributed by atoms with Crippen LogP contribution >= 0.6 is 11.8 Å². The van der Waals surface area contributed by atoms with Crippen molar-refractivity contribution in [2.45, 2.75) is 5.37 Å². The zero-order chi connectivity index (χ0) is 18.5. The van der Waals surface area contributed by atoms with E-state index in [9.17, 15) is 4.79 Å². The molecule has 0 aromatic heterocycles. The highest BCUT2D eigenvalue weighted by Gasteiger charge is 2.31. The van der Waals surface area contributed by atoms with E-state index in [1.54, 1.807) is 61.2 Å². The van der Waals surface area contributed by atoms with E-state index < -0.39 is 0 Å². The summed E-state index contributed by atoms with van der Waals surface area (Å²) in [7, 11) is 3.21. The van der Waals surface area contributed by atoms with E-state index in [1.165, 1.54) is 0 Å². The minimum absolute atomic E-state index is 0.127. The molecule has 1 heterocycles. The number of hydrogen-bond acceptors (Lipinski definition) is 5. The van der Waals surface area contributed by atoms with Crippen molar-refractivity contribution >= 4 is 23.5 Å². The van der Waals surface area contributed by atoms with Crippen LogP contribution in [0.4, 0.5) is 10.5 Å². The highest BCUT2D eigenvalue weighted by molar-refractivity contribution is 7.99. The first-order valence-corrected chi connectivity index (χ1v) is 9.12. The molecule has 0 aliphatic carbocycles. The number of urea groups is 1. The molecule has 1 saturated heterocycles. The topological polar surface area (TPSA) is 74.6 Å². The van der Waals surface area contributed by atoms with E-state index in [4.69, 9.17) is 14.7 Å². The summed E-state index contributed by atoms with van der Waals surface area (Å²) in [6, 6.07) is 14.4. The van der Waals surface area contributed by atoms with Gasteiger partial charge in [0, 0.05) is 24.1 Å². The summed E-state index contributed by atoms with van der Waals surface area (Å²) in [5.41, 5.74) is 2.06. The van der Waals surface area contributed by atoms with Crippen molar-refractivity contribution in [1.82, 2.24) is 4.90 Å². The van der Waals surface area contributed by atoms with Gasteiger partial charge in [0.15, 0.2) is 0 Å². The van der Waals surface area contributed by atoms with E-state index >= 15 is 0 Å². The highest BCUT2D eigenvalue weighted by atomic mass is 32.2. The van der Waals surface area contributed by atoms with Crippen molar-refractivity contribution in [2.24, 2.45) is 0 Å². The molecule has 1 aliphatic rings. The lowest BCUT2D eigenvalue weighted by Gasteiger charge is -2.25. The normalized spacial score (nSPS) is 16.0. The molecule has 134 valence electrons. The molecule has 3 rings (SSSR count). The van der Waals surface area contributed by atoms with Crippen LogP contribution in [0.5, 0.6) is 11.5 Å². The largest absolute Gasteiger partial charge is 0.497 e. The molecule has 1 N–H and O–H groups in total. The molecule has 1 fully saturated rings. The van der Waals surface area contributed by atoms with Gasteiger partial charge in [-0.25, -0.2) is 4.79 Å². The average molecular weight is 369 g/mol. The van der Waals surface area contributed by atoms with Crippen molar-refractivity contribution in [3.63, 3.8) is 0 Å². The molecule has 7 heteroatoms. The van der Waals surface area contributed by atoms with Crippen molar-refractivity contribution < 1.29 is 14.3 Å². The van der Waals surface area contributed by atoms with Crippen molar-refractivity contribution in [2.75, 3.05) is 31.8 Å². The van der Waals surface area contributed by atoms with Gasteiger partial charge in [-0.15, -0.1) is 11.8 Å². The predicted molar refractivity (Wildman–Crippen MR) is 102 cm³/mol. The summed E-state index contributed by atoms with van der Waals surface area (Å²) >= 11 is 1.69. The van der Waals surface area contributed by atoms with Crippen LogP contribution in [0.15, 0.2) is 42.5 Å². The molecule has 26 heavy (non-hydrogen) atoms. The summed E-state index contributed by atoms with van der Waals surface area (Å²) in [5, 5.41) is 11.7. The van der Waals surface area contributed by atoms with E-state index in [-0.39, 0.29) is 11.4 Å². The van der Waals surface area contributed by atoms with Crippen LogP contribution in [0.2, 0.25) is 0 Å². The smallest absolute Gasteiger partial charge is 0.323 e. The maximum absolute atomic E-state index is 12.8. The van der Waals surface area contributed by atoms with Crippen LogP contribution in [-0.4, -0.2) is 37.4 Å². The highest BCUT2D eigenvalue weighted by Crippen LogP contribution is 2.40. The van der Waals surface area contributed by atoms with Crippen LogP contribution in [0.25, 0.3) is 0 Å². The fourth-order valence-corrected chi connectivity index (χ4v) is 4.02. The summed E-state index contributed by atoms with van der Waals surface area (Å²) in [4.78, 5) is 14.5. The van der Waals surface area contributed by atoms with Crippen LogP contribution in [0.1, 0.15) is 16.5 Å². The van der Waals surface area contributed by atoms with Gasteiger partial charge in [0.05, 0.1) is 25.9 Å². The van der Waals surface area contributed by atoms with Gasteiger partial charge in [-0.1, -0.05) is 6.07 Å². The monoisotopic (exact) mass is 369 g/mol. The Hall–Kier alpha value is -2.85. The molecule has 0 spiro atoms. The molecular weight excluding hydrogens is 350 g/mol. The number of rotatable bonds is 4. The standard InChI is InChI=1S/C19H19N3O3S/c1-24-16-9-14(10-17(11-16)25-2)18-22(6-7-26-18)19(23)21-15-5-3-4-13(8-15)12-20/h3-5,8-11,18H,6-7H2,1-2H3,(H,21,23). The summed E-state index contributed by atoms with van der Waals surface area (Å²) in [6.07, 6.45) is 0. The zero-order valence-corrected chi connectivity index (χ0v) is 15.4. The second-order valence-corrected chi connectivity index (χ2v) is 6.87. The lowest BCUT2D eigenvalue weighted by atomic mass is 10.2. The molecule has 0 radical (unpaired) electrons. The first kappa shape index (κ1) is 18.0. The number of hydrogen-bond donors (Lipinski definition) is 1. The van der Waals surface area contributed by atoms with Crippen LogP contribution < -0.4 is 14.8 Å². The number of benzene rings is 2. The van der Waals surface area contributed by atoms with Gasteiger partial charge >= 0.3 is 6.03 Å². The van der Waals surface area contributed by atoms with E-state index in [2.05, 4.69) is 11.4 Å². The lowest BCUT2D eigenvalue weighted by molar-refractivity contribution is 0.214. The minimum atomic E-state index is -0.197. The number of thioether (sulfide) groups is 1. The summed E-state index contributed by atoms with van der Waals surface area (Å²) in [5.74, 6) is 2.22. The number of nitrogens with one attached hydrogen (secondary N) is 1. The molecule has 0 bridgehead atoms. The molecule has 1 unspecified atom stereocenters. The fraction of sp³-hybridized carbons (Fsp3) is 0.263. The van der Waals surface area contributed by atoms with E-state index in [0.29, 0.717) is 29.3 Å². The molecule has 1 atom stereocenters. The molecule has 1 aliphatic heterocycles. The Labute approximate surface area is 156 Å². The summed E-state index contributed by atoms with van der Waals surface area (Å²) in [6.45, 7) is 0.638. The van der Waals surface area contributed by atoms with Crippen LogP contribution in [0, 0.1) is 11.3 Å². The Morgan fingerprint density at radius 2 is 1.96 bits per heavy atom. The Morgan fingerprint density at radius 3 is 2.62 bits per heavy atom. The third kappa shape index (κ3) is 3.86. The average Bonchev–Trinajstić information content (AvgIpc) is 3.17. The second kappa shape index (κ2) is 8.02. The number of carbonyl (C=O) groups excluding carboxylic acids is 1. The van der Waals surface area contributed by atoms with Gasteiger partial charge in [-0.05, 0) is 35.9 Å². The van der Waals surface area contributed by atoms with Gasteiger partial charge in [-0.3, -0.25) is 0 Å². The van der Waals surface area contributed by atoms with E-state index in [0.717, 1.165) is 11.3 Å². The fourth-order valence-electron chi connectivity index (χ4n) is 2.79. The van der Waals surface area contributed by atoms with Crippen molar-refractivity contribution in [3.8, 4) is 17.6 Å². The summed E-state index contributed by atoms with van der Waals surface area (Å²) < 4.78 is 10.7. The van der Waals surface area contributed by atoms with Gasteiger partial charge in [-0.2, -0.15) is 5.26 Å². The van der Waals surface area contributed by atoms with Crippen LogP contribution in [0.3, 0.4) is 0 Å². The molecular formula is C19H19N3O3S. The molecule has 2 aromatic rings. The zero-order valence-electron chi connectivity index (χ0n) is 14.6. The predicted octanol–water partition coefficient (Wildman–Crippen LogP) is 3.85. The molecule has 2 amide bonds. The first-order valence-electron chi connectivity index (χ1n) is 8.07. The number of carbonyl (C=O) groups is 1. The molecule has 6 nitrogen and oxygen atoms in total. The number of nitriles is 1. The maximum atomic E-state index is 12.8. The maximum Gasteiger partial charge on any atom is 0.323 e. The quantitative estimate of drug-likeness (QED) is 0.886. The Balaban J connectivity index is 1.81. The lowest BCUT2D eigenvalue weighted by Crippen LogP contribution is -2.34. The molecule has 0 saturated carbocycles. The number of nitrogens with zero attached hydrogens (tertiary/aromatic N) is 2. The van der Waals surface area contributed by atoms with Gasteiger partial charge in [0.1, 0.15) is 16.9 Å². The third-order valence-electron chi connectivity index (χ3n) is 4.05. The molecule has 2 aromatic carbocycles. The van der Waals surface area contributed by atoms with Crippen LogP contribution in [-0.2, 0) is 0 Å². The van der Waals surface area contributed by atoms with Crippen molar-refractivity contribution in [3.05, 3.63) is 53.6 Å². The third-order valence-corrected chi connectivity index (χ3v) is 5.31. The first-order chi connectivity index (χ1) is 12.6. The second-order valence-electron chi connectivity index (χ2n) is 5.69. The van der Waals surface area contributed by atoms with E-state index in [1.807, 2.05) is 12.1 Å². The number of ether oxygens (including phenoxy) is 2. The number of anilines is 1. The number of methoxy groups -OCH3 is 2.